The van der Waals surface area contributed by atoms with Crippen molar-refractivity contribution in [3.8, 4) is 0 Å². The van der Waals surface area contributed by atoms with Gasteiger partial charge in [0.05, 0.1) is 5.69 Å². The average Bonchev–Trinajstić information content (AvgIpc) is 2.46. The maximum Gasteiger partial charge on any atom is 0.0562 e. The van der Waals surface area contributed by atoms with E-state index in [2.05, 4.69) is 46.3 Å². The van der Waals surface area contributed by atoms with Gasteiger partial charge in [-0.3, -0.25) is 9.97 Å². The Morgan fingerprint density at radius 2 is 2.16 bits per heavy atom. The lowest BCUT2D eigenvalue weighted by Gasteiger charge is -2.19. The summed E-state index contributed by atoms with van der Waals surface area (Å²) in [6.45, 7) is 4.71. The monoisotopic (exact) mass is 256 g/mol. The van der Waals surface area contributed by atoms with Crippen molar-refractivity contribution in [3.05, 3.63) is 54.1 Å². The van der Waals surface area contributed by atoms with Crippen LogP contribution in [0, 0.1) is 0 Å². The van der Waals surface area contributed by atoms with Crippen molar-refractivity contribution in [2.24, 2.45) is 0 Å². The van der Waals surface area contributed by atoms with Gasteiger partial charge in [-0.15, -0.1) is 0 Å². The predicted molar refractivity (Wildman–Crippen MR) is 78.0 cm³/mol. The van der Waals surface area contributed by atoms with Crippen LogP contribution >= 0.6 is 0 Å². The Balaban J connectivity index is 2.04. The number of nitrogens with zero attached hydrogens (tertiary/aromatic N) is 3. The first-order chi connectivity index (χ1) is 9.29. The molecule has 0 saturated heterocycles. The highest BCUT2D eigenvalue weighted by Gasteiger charge is 2.03. The Morgan fingerprint density at radius 1 is 1.26 bits per heavy atom. The Kier molecular flexibility index (Phi) is 4.86. The molecule has 0 spiro atoms. The molecule has 19 heavy (non-hydrogen) atoms. The number of anilines is 1. The summed E-state index contributed by atoms with van der Waals surface area (Å²) in [5.41, 5.74) is 3.44. The molecule has 0 radical (unpaired) electrons. The molecular weight excluding hydrogens is 236 g/mol. The zero-order chi connectivity index (χ0) is 13.5. The molecule has 2 heterocycles. The van der Waals surface area contributed by atoms with Gasteiger partial charge in [0.2, 0.25) is 0 Å². The summed E-state index contributed by atoms with van der Waals surface area (Å²) in [4.78, 5) is 10.7. The van der Waals surface area contributed by atoms with Gasteiger partial charge in [-0.05, 0) is 30.3 Å². The zero-order valence-electron chi connectivity index (χ0n) is 11.5. The van der Waals surface area contributed by atoms with Crippen LogP contribution in [-0.4, -0.2) is 23.6 Å². The maximum absolute atomic E-state index is 4.36. The summed E-state index contributed by atoms with van der Waals surface area (Å²) >= 11 is 0. The maximum atomic E-state index is 4.36. The van der Waals surface area contributed by atoms with Crippen molar-refractivity contribution in [3.63, 3.8) is 0 Å². The molecule has 0 fully saturated rings. The van der Waals surface area contributed by atoms with E-state index in [4.69, 9.17) is 0 Å². The van der Waals surface area contributed by atoms with Crippen LogP contribution in [0.25, 0.3) is 0 Å². The normalized spacial score (nSPS) is 10.4. The van der Waals surface area contributed by atoms with Gasteiger partial charge in [-0.25, -0.2) is 0 Å². The number of hydrogen-bond acceptors (Lipinski definition) is 4. The standard InChI is InChI=1S/C15H20N4/c1-3-16-11-14-9-15(6-8-18-14)19(2)12-13-5-4-7-17-10-13/h4-10,16H,3,11-12H2,1-2H3. The summed E-state index contributed by atoms with van der Waals surface area (Å²) in [6.07, 6.45) is 5.56. The molecule has 0 amide bonds. The summed E-state index contributed by atoms with van der Waals surface area (Å²) in [7, 11) is 2.08. The number of hydrogen-bond donors (Lipinski definition) is 1. The van der Waals surface area contributed by atoms with Gasteiger partial charge in [0.15, 0.2) is 0 Å². The first-order valence-electron chi connectivity index (χ1n) is 6.55. The minimum Gasteiger partial charge on any atom is -0.370 e. The second kappa shape index (κ2) is 6.85. The van der Waals surface area contributed by atoms with Crippen molar-refractivity contribution in [1.82, 2.24) is 15.3 Å². The topological polar surface area (TPSA) is 41.0 Å². The third kappa shape index (κ3) is 4.03. The molecule has 0 atom stereocenters. The molecule has 0 aromatic carbocycles. The molecule has 2 aromatic rings. The highest BCUT2D eigenvalue weighted by Crippen LogP contribution is 2.15. The SMILES string of the molecule is CCNCc1cc(N(C)Cc2cccnc2)ccn1. The lowest BCUT2D eigenvalue weighted by molar-refractivity contribution is 0.710. The van der Waals surface area contributed by atoms with Gasteiger partial charge >= 0.3 is 0 Å². The first kappa shape index (κ1) is 13.5. The molecule has 0 saturated carbocycles. The van der Waals surface area contributed by atoms with E-state index >= 15 is 0 Å². The van der Waals surface area contributed by atoms with Crippen LogP contribution in [0.3, 0.4) is 0 Å². The van der Waals surface area contributed by atoms with E-state index in [1.165, 1.54) is 11.3 Å². The number of pyridine rings is 2. The molecule has 100 valence electrons. The van der Waals surface area contributed by atoms with Gasteiger partial charge in [0, 0.05) is 44.4 Å². The molecule has 2 aromatic heterocycles. The summed E-state index contributed by atoms with van der Waals surface area (Å²) in [6, 6.07) is 8.21. The molecule has 0 bridgehead atoms. The lowest BCUT2D eigenvalue weighted by Crippen LogP contribution is -2.18. The highest BCUT2D eigenvalue weighted by atomic mass is 15.1. The van der Waals surface area contributed by atoms with Crippen LogP contribution in [0.5, 0.6) is 0 Å². The third-order valence-electron chi connectivity index (χ3n) is 2.94. The lowest BCUT2D eigenvalue weighted by atomic mass is 10.2. The van der Waals surface area contributed by atoms with Crippen molar-refractivity contribution >= 4 is 5.69 Å². The van der Waals surface area contributed by atoms with E-state index in [0.717, 1.165) is 25.3 Å². The van der Waals surface area contributed by atoms with Crippen molar-refractivity contribution < 1.29 is 0 Å². The fourth-order valence-electron chi connectivity index (χ4n) is 1.91. The quantitative estimate of drug-likeness (QED) is 0.860. The third-order valence-corrected chi connectivity index (χ3v) is 2.94. The second-order valence-electron chi connectivity index (χ2n) is 4.50. The minimum atomic E-state index is 0.811. The number of rotatable bonds is 6. The van der Waals surface area contributed by atoms with Crippen LogP contribution in [0.2, 0.25) is 0 Å². The van der Waals surface area contributed by atoms with Gasteiger partial charge in [-0.1, -0.05) is 13.0 Å². The fraction of sp³-hybridized carbons (Fsp3) is 0.333. The van der Waals surface area contributed by atoms with Crippen LogP contribution in [0.4, 0.5) is 5.69 Å². The molecule has 2 rings (SSSR count). The Bertz CT molecular complexity index is 499. The van der Waals surface area contributed by atoms with E-state index in [-0.39, 0.29) is 0 Å². The second-order valence-corrected chi connectivity index (χ2v) is 4.50. The minimum absolute atomic E-state index is 0.811. The zero-order valence-corrected chi connectivity index (χ0v) is 11.5. The Morgan fingerprint density at radius 3 is 2.89 bits per heavy atom. The van der Waals surface area contributed by atoms with E-state index in [0.29, 0.717) is 0 Å². The predicted octanol–water partition coefficient (Wildman–Crippen LogP) is 2.22. The molecule has 0 aliphatic carbocycles. The molecule has 0 unspecified atom stereocenters. The Hall–Kier alpha value is -1.94. The van der Waals surface area contributed by atoms with E-state index in [1.807, 2.05) is 24.5 Å². The summed E-state index contributed by atoms with van der Waals surface area (Å²) in [5, 5.41) is 3.29. The van der Waals surface area contributed by atoms with Crippen molar-refractivity contribution in [2.45, 2.75) is 20.0 Å². The summed E-state index contributed by atoms with van der Waals surface area (Å²) < 4.78 is 0. The van der Waals surface area contributed by atoms with Crippen molar-refractivity contribution in [2.75, 3.05) is 18.5 Å². The number of aromatic nitrogens is 2. The average molecular weight is 256 g/mol. The smallest absolute Gasteiger partial charge is 0.0562 e. The van der Waals surface area contributed by atoms with Gasteiger partial charge in [-0.2, -0.15) is 0 Å². The van der Waals surface area contributed by atoms with Gasteiger partial charge < -0.3 is 10.2 Å². The molecule has 0 aliphatic rings. The molecule has 1 N–H and O–H groups in total. The molecule has 4 heteroatoms. The number of nitrogens with one attached hydrogen (secondary N) is 1. The van der Waals surface area contributed by atoms with E-state index in [1.54, 1.807) is 6.20 Å². The van der Waals surface area contributed by atoms with Crippen LogP contribution in [0.1, 0.15) is 18.2 Å². The van der Waals surface area contributed by atoms with Gasteiger partial charge in [0.25, 0.3) is 0 Å². The van der Waals surface area contributed by atoms with Crippen LogP contribution < -0.4 is 10.2 Å². The fourth-order valence-corrected chi connectivity index (χ4v) is 1.91. The molecule has 0 aliphatic heterocycles. The highest BCUT2D eigenvalue weighted by molar-refractivity contribution is 5.46. The van der Waals surface area contributed by atoms with Crippen LogP contribution in [0.15, 0.2) is 42.9 Å². The van der Waals surface area contributed by atoms with E-state index < -0.39 is 0 Å². The molecule has 4 nitrogen and oxygen atoms in total. The van der Waals surface area contributed by atoms with Crippen LogP contribution in [-0.2, 0) is 13.1 Å². The largest absolute Gasteiger partial charge is 0.370 e. The Labute approximate surface area is 114 Å². The summed E-state index contributed by atoms with van der Waals surface area (Å²) in [5.74, 6) is 0. The first-order valence-corrected chi connectivity index (χ1v) is 6.55. The van der Waals surface area contributed by atoms with Gasteiger partial charge in [0.1, 0.15) is 0 Å². The van der Waals surface area contributed by atoms with E-state index in [9.17, 15) is 0 Å². The molecular formula is C15H20N4. The van der Waals surface area contributed by atoms with Crippen molar-refractivity contribution in [1.29, 1.82) is 0 Å².